The first-order valence-corrected chi connectivity index (χ1v) is 8.38. The Morgan fingerprint density at radius 3 is 2.38 bits per heavy atom. The predicted octanol–water partition coefficient (Wildman–Crippen LogP) is 1.57. The normalized spacial score (nSPS) is 10.1. The third kappa shape index (κ3) is 5.73. The highest BCUT2D eigenvalue weighted by atomic mass is 16.5. The number of nitrogens with zero attached hydrogens (tertiary/aromatic N) is 2. The zero-order valence-corrected chi connectivity index (χ0v) is 14.8. The Hall–Kier alpha value is -3.16. The second kappa shape index (κ2) is 9.97. The van der Waals surface area contributed by atoms with Gasteiger partial charge in [-0.2, -0.15) is 0 Å². The molecule has 0 atom stereocenters. The van der Waals surface area contributed by atoms with Gasteiger partial charge in [0.15, 0.2) is 11.5 Å². The predicted molar refractivity (Wildman–Crippen MR) is 96.2 cm³/mol. The Bertz CT molecular complexity index is 737. The molecule has 0 aliphatic rings. The molecular weight excluding hydrogens is 336 g/mol. The fraction of sp³-hybridized carbons (Fsp3) is 0.333. The summed E-state index contributed by atoms with van der Waals surface area (Å²) in [5, 5.41) is 4.89. The van der Waals surface area contributed by atoms with E-state index in [1.54, 1.807) is 6.07 Å². The Kier molecular flexibility index (Phi) is 7.35. The summed E-state index contributed by atoms with van der Waals surface area (Å²) in [6.45, 7) is 5.20. The van der Waals surface area contributed by atoms with Crippen molar-refractivity contribution in [2.75, 3.05) is 25.1 Å². The Morgan fingerprint density at radius 2 is 1.69 bits per heavy atom. The monoisotopic (exact) mass is 358 g/mol. The van der Waals surface area contributed by atoms with Gasteiger partial charge in [-0.25, -0.2) is 9.97 Å². The van der Waals surface area contributed by atoms with E-state index in [0.717, 1.165) is 5.56 Å². The largest absolute Gasteiger partial charge is 0.490 e. The van der Waals surface area contributed by atoms with Crippen LogP contribution < -0.4 is 20.1 Å². The van der Waals surface area contributed by atoms with Crippen LogP contribution in [-0.4, -0.2) is 41.5 Å². The summed E-state index contributed by atoms with van der Waals surface area (Å²) >= 11 is 0. The minimum Gasteiger partial charge on any atom is -0.490 e. The van der Waals surface area contributed by atoms with E-state index in [-0.39, 0.29) is 5.95 Å². The Balaban J connectivity index is 1.85. The molecule has 0 saturated carbocycles. The molecule has 2 aromatic rings. The molecule has 2 rings (SSSR count). The summed E-state index contributed by atoms with van der Waals surface area (Å²) < 4.78 is 11.1. The van der Waals surface area contributed by atoms with Crippen molar-refractivity contribution in [1.82, 2.24) is 15.3 Å². The molecule has 26 heavy (non-hydrogen) atoms. The van der Waals surface area contributed by atoms with Crippen LogP contribution in [0.25, 0.3) is 0 Å². The van der Waals surface area contributed by atoms with Crippen LogP contribution in [0.3, 0.4) is 0 Å². The van der Waals surface area contributed by atoms with Gasteiger partial charge in [-0.15, -0.1) is 0 Å². The first-order valence-electron chi connectivity index (χ1n) is 8.38. The van der Waals surface area contributed by atoms with Crippen molar-refractivity contribution in [3.63, 3.8) is 0 Å². The minimum atomic E-state index is -0.808. The number of anilines is 1. The first-order chi connectivity index (χ1) is 12.6. The number of nitrogens with one attached hydrogen (secondary N) is 2. The van der Waals surface area contributed by atoms with Crippen molar-refractivity contribution < 1.29 is 19.1 Å². The number of carbonyl (C=O) groups excluding carboxylic acids is 2. The third-order valence-electron chi connectivity index (χ3n) is 3.30. The van der Waals surface area contributed by atoms with E-state index in [0.29, 0.717) is 37.7 Å². The van der Waals surface area contributed by atoms with Crippen LogP contribution in [0, 0.1) is 0 Å². The molecule has 0 saturated heterocycles. The van der Waals surface area contributed by atoms with Crippen LogP contribution in [0.1, 0.15) is 19.4 Å². The van der Waals surface area contributed by atoms with Gasteiger partial charge in [-0.1, -0.05) is 6.07 Å². The van der Waals surface area contributed by atoms with Crippen LogP contribution in [0.5, 0.6) is 11.5 Å². The summed E-state index contributed by atoms with van der Waals surface area (Å²) in [5.41, 5.74) is 0.962. The maximum Gasteiger partial charge on any atom is 0.316 e. The van der Waals surface area contributed by atoms with Gasteiger partial charge in [-0.05, 0) is 44.0 Å². The fourth-order valence-electron chi connectivity index (χ4n) is 2.17. The number of rotatable bonds is 8. The van der Waals surface area contributed by atoms with Gasteiger partial charge < -0.3 is 14.8 Å². The molecule has 0 fully saturated rings. The maximum atomic E-state index is 11.8. The smallest absolute Gasteiger partial charge is 0.316 e. The molecule has 0 spiro atoms. The van der Waals surface area contributed by atoms with Crippen molar-refractivity contribution in [2.45, 2.75) is 20.3 Å². The molecule has 0 aliphatic carbocycles. The molecule has 0 radical (unpaired) electrons. The van der Waals surface area contributed by atoms with E-state index < -0.39 is 11.8 Å². The number of carbonyl (C=O) groups is 2. The molecule has 138 valence electrons. The van der Waals surface area contributed by atoms with E-state index >= 15 is 0 Å². The summed E-state index contributed by atoms with van der Waals surface area (Å²) in [6, 6.07) is 7.23. The van der Waals surface area contributed by atoms with Crippen LogP contribution in [0.4, 0.5) is 5.95 Å². The number of hydrogen-bond donors (Lipinski definition) is 2. The SMILES string of the molecule is CCOc1ccc(CCNC(=O)C(=O)Nc2ncccn2)cc1OCC. The van der Waals surface area contributed by atoms with Crippen LogP contribution in [0.15, 0.2) is 36.7 Å². The second-order valence-corrected chi connectivity index (χ2v) is 5.18. The summed E-state index contributed by atoms with van der Waals surface area (Å²) in [6.07, 6.45) is 3.50. The second-order valence-electron chi connectivity index (χ2n) is 5.18. The highest BCUT2D eigenvalue weighted by Crippen LogP contribution is 2.28. The zero-order chi connectivity index (χ0) is 18.8. The van der Waals surface area contributed by atoms with Gasteiger partial charge in [0, 0.05) is 18.9 Å². The maximum absolute atomic E-state index is 11.8. The fourth-order valence-corrected chi connectivity index (χ4v) is 2.17. The summed E-state index contributed by atoms with van der Waals surface area (Å²) in [5.74, 6) is -0.117. The molecular formula is C18H22N4O4. The molecule has 0 unspecified atom stereocenters. The van der Waals surface area contributed by atoms with Gasteiger partial charge in [0.2, 0.25) is 5.95 Å². The van der Waals surface area contributed by atoms with Crippen LogP contribution >= 0.6 is 0 Å². The van der Waals surface area contributed by atoms with E-state index in [1.165, 1.54) is 12.4 Å². The van der Waals surface area contributed by atoms with E-state index in [1.807, 2.05) is 32.0 Å². The van der Waals surface area contributed by atoms with Gasteiger partial charge in [-0.3, -0.25) is 14.9 Å². The zero-order valence-electron chi connectivity index (χ0n) is 14.8. The van der Waals surface area contributed by atoms with Crippen LogP contribution in [0.2, 0.25) is 0 Å². The topological polar surface area (TPSA) is 102 Å². The number of ether oxygens (including phenoxy) is 2. The van der Waals surface area contributed by atoms with Crippen molar-refractivity contribution >= 4 is 17.8 Å². The molecule has 2 N–H and O–H groups in total. The average molecular weight is 358 g/mol. The molecule has 0 aliphatic heterocycles. The highest BCUT2D eigenvalue weighted by Gasteiger charge is 2.14. The number of aromatic nitrogens is 2. The lowest BCUT2D eigenvalue weighted by Gasteiger charge is -2.12. The van der Waals surface area contributed by atoms with Crippen molar-refractivity contribution in [2.24, 2.45) is 0 Å². The van der Waals surface area contributed by atoms with E-state index in [4.69, 9.17) is 9.47 Å². The van der Waals surface area contributed by atoms with Gasteiger partial charge in [0.1, 0.15) is 0 Å². The average Bonchev–Trinajstić information content (AvgIpc) is 2.65. The summed E-state index contributed by atoms with van der Waals surface area (Å²) in [7, 11) is 0. The van der Waals surface area contributed by atoms with Crippen molar-refractivity contribution in [1.29, 1.82) is 0 Å². The van der Waals surface area contributed by atoms with Gasteiger partial charge in [0.05, 0.1) is 13.2 Å². The number of benzene rings is 1. The summed E-state index contributed by atoms with van der Waals surface area (Å²) in [4.78, 5) is 31.3. The lowest BCUT2D eigenvalue weighted by molar-refractivity contribution is -0.136. The molecule has 8 nitrogen and oxygen atoms in total. The van der Waals surface area contributed by atoms with Gasteiger partial charge in [0.25, 0.3) is 0 Å². The first kappa shape index (κ1) is 19.2. The molecule has 1 heterocycles. The molecule has 2 amide bonds. The lowest BCUT2D eigenvalue weighted by atomic mass is 10.1. The molecule has 1 aromatic heterocycles. The van der Waals surface area contributed by atoms with Gasteiger partial charge >= 0.3 is 11.8 Å². The van der Waals surface area contributed by atoms with Crippen molar-refractivity contribution in [3.8, 4) is 11.5 Å². The van der Waals surface area contributed by atoms with E-state index in [2.05, 4.69) is 20.6 Å². The lowest BCUT2D eigenvalue weighted by Crippen LogP contribution is -2.36. The van der Waals surface area contributed by atoms with E-state index in [9.17, 15) is 9.59 Å². The third-order valence-corrected chi connectivity index (χ3v) is 3.30. The van der Waals surface area contributed by atoms with Crippen molar-refractivity contribution in [3.05, 3.63) is 42.2 Å². The molecule has 1 aromatic carbocycles. The molecule has 0 bridgehead atoms. The Labute approximate surface area is 151 Å². The standard InChI is InChI=1S/C18H22N4O4/c1-3-25-14-7-6-13(12-15(14)26-4-2)8-11-19-16(23)17(24)22-18-20-9-5-10-21-18/h5-7,9-10,12H,3-4,8,11H2,1-2H3,(H,19,23)(H,20,21,22,24). The highest BCUT2D eigenvalue weighted by molar-refractivity contribution is 6.39. The number of amides is 2. The number of hydrogen-bond acceptors (Lipinski definition) is 6. The van der Waals surface area contributed by atoms with Crippen LogP contribution in [-0.2, 0) is 16.0 Å². The quantitative estimate of drug-likeness (QED) is 0.695. The Morgan fingerprint density at radius 1 is 1.00 bits per heavy atom. The minimum absolute atomic E-state index is 0.0838. The molecule has 8 heteroatoms.